The van der Waals surface area contributed by atoms with Gasteiger partial charge in [-0.3, -0.25) is 5.41 Å². The van der Waals surface area contributed by atoms with Gasteiger partial charge < -0.3 is 15.4 Å². The summed E-state index contributed by atoms with van der Waals surface area (Å²) in [5, 5.41) is 8.46. The molecule has 2 fully saturated rings. The highest BCUT2D eigenvalue weighted by Crippen LogP contribution is 2.34. The van der Waals surface area contributed by atoms with Crippen molar-refractivity contribution in [2.75, 3.05) is 18.1 Å². The first kappa shape index (κ1) is 13.7. The van der Waals surface area contributed by atoms with Gasteiger partial charge in [-0.2, -0.15) is 0 Å². The average molecular weight is 294 g/mol. The van der Waals surface area contributed by atoms with Gasteiger partial charge in [-0.05, 0) is 31.0 Å². The molecule has 5 heteroatoms. The van der Waals surface area contributed by atoms with Crippen LogP contribution in [0, 0.1) is 5.41 Å². The summed E-state index contributed by atoms with van der Waals surface area (Å²) in [6.45, 7) is 1.56. The van der Waals surface area contributed by atoms with Crippen molar-refractivity contribution in [1.82, 2.24) is 0 Å². The number of ether oxygens (including phenoxy) is 1. The molecule has 1 heterocycles. The molecule has 1 aliphatic heterocycles. The van der Waals surface area contributed by atoms with E-state index in [0.29, 0.717) is 17.2 Å². The second-order valence-corrected chi connectivity index (χ2v) is 5.97. The van der Waals surface area contributed by atoms with Crippen LogP contribution < -0.4 is 10.6 Å². The molecular weight excluding hydrogens is 274 g/mol. The van der Waals surface area contributed by atoms with Crippen LogP contribution in [0.1, 0.15) is 31.2 Å². The van der Waals surface area contributed by atoms with Crippen LogP contribution in [0.5, 0.6) is 0 Å². The van der Waals surface area contributed by atoms with Crippen LogP contribution in [0.3, 0.4) is 0 Å². The van der Waals surface area contributed by atoms with Gasteiger partial charge in [0.05, 0.1) is 18.8 Å². The summed E-state index contributed by atoms with van der Waals surface area (Å²) in [4.78, 5) is 2.34. The molecule has 0 radical (unpaired) electrons. The molecule has 1 saturated heterocycles. The molecule has 3 N–H and O–H groups in total. The SMILES string of the molecule is N=C(N)c1ccc(Cl)cc1N1CCOC2CCCCC21. The number of nitrogens with one attached hydrogen (secondary N) is 1. The lowest BCUT2D eigenvalue weighted by Crippen LogP contribution is -2.53. The van der Waals surface area contributed by atoms with Gasteiger partial charge in [-0.1, -0.05) is 24.4 Å². The van der Waals surface area contributed by atoms with Crippen molar-refractivity contribution in [1.29, 1.82) is 5.41 Å². The monoisotopic (exact) mass is 293 g/mol. The van der Waals surface area contributed by atoms with Gasteiger partial charge in [-0.15, -0.1) is 0 Å². The molecule has 0 bridgehead atoms. The molecule has 20 heavy (non-hydrogen) atoms. The molecule has 0 aromatic heterocycles. The zero-order chi connectivity index (χ0) is 14.1. The van der Waals surface area contributed by atoms with Crippen LogP contribution >= 0.6 is 11.6 Å². The Morgan fingerprint density at radius 1 is 1.35 bits per heavy atom. The molecule has 2 unspecified atom stereocenters. The summed E-state index contributed by atoms with van der Waals surface area (Å²) >= 11 is 6.15. The minimum absolute atomic E-state index is 0.0931. The van der Waals surface area contributed by atoms with Crippen LogP contribution in [0.15, 0.2) is 18.2 Å². The number of benzene rings is 1. The highest BCUT2D eigenvalue weighted by Gasteiger charge is 2.35. The van der Waals surface area contributed by atoms with Crippen molar-refractivity contribution in [2.45, 2.75) is 37.8 Å². The molecule has 2 atom stereocenters. The van der Waals surface area contributed by atoms with Crippen LogP contribution in [-0.2, 0) is 4.74 Å². The summed E-state index contributed by atoms with van der Waals surface area (Å²) in [6, 6.07) is 5.94. The number of nitrogen functional groups attached to an aromatic ring is 1. The van der Waals surface area contributed by atoms with Crippen molar-refractivity contribution >= 4 is 23.1 Å². The molecule has 1 aliphatic carbocycles. The Morgan fingerprint density at radius 2 is 2.15 bits per heavy atom. The predicted octanol–water partition coefficient (Wildman–Crippen LogP) is 2.77. The van der Waals surface area contributed by atoms with Gasteiger partial charge in [0.15, 0.2) is 0 Å². The summed E-state index contributed by atoms with van der Waals surface area (Å²) in [5.41, 5.74) is 7.46. The fraction of sp³-hybridized carbons (Fsp3) is 0.533. The summed E-state index contributed by atoms with van der Waals surface area (Å²) in [7, 11) is 0. The maximum absolute atomic E-state index is 7.77. The molecule has 0 spiro atoms. The lowest BCUT2D eigenvalue weighted by molar-refractivity contribution is -0.00868. The molecule has 1 aromatic carbocycles. The highest BCUT2D eigenvalue weighted by molar-refractivity contribution is 6.31. The number of halogens is 1. The molecule has 1 saturated carbocycles. The third-order valence-corrected chi connectivity index (χ3v) is 4.53. The van der Waals surface area contributed by atoms with Crippen LogP contribution in [-0.4, -0.2) is 31.1 Å². The van der Waals surface area contributed by atoms with Crippen molar-refractivity contribution in [3.8, 4) is 0 Å². The highest BCUT2D eigenvalue weighted by atomic mass is 35.5. The third kappa shape index (κ3) is 2.50. The standard InChI is InChI=1S/C15H20ClN3O/c16-10-5-6-11(15(17)18)13(9-10)19-7-8-20-14-4-2-1-3-12(14)19/h5-6,9,12,14H,1-4,7-8H2,(H3,17,18). The Hall–Kier alpha value is -1.26. The number of amidine groups is 1. The van der Waals surface area contributed by atoms with Crippen molar-refractivity contribution in [3.05, 3.63) is 28.8 Å². The minimum atomic E-state index is 0.0931. The first-order valence-corrected chi connectivity index (χ1v) is 7.57. The molecule has 3 rings (SSSR count). The quantitative estimate of drug-likeness (QED) is 0.651. The first-order valence-electron chi connectivity index (χ1n) is 7.19. The molecule has 0 amide bonds. The maximum Gasteiger partial charge on any atom is 0.124 e. The van der Waals surface area contributed by atoms with E-state index in [0.717, 1.165) is 37.2 Å². The van der Waals surface area contributed by atoms with Gasteiger partial charge in [0.2, 0.25) is 0 Å². The normalized spacial score (nSPS) is 26.1. The number of anilines is 1. The van der Waals surface area contributed by atoms with E-state index < -0.39 is 0 Å². The zero-order valence-corrected chi connectivity index (χ0v) is 12.2. The van der Waals surface area contributed by atoms with E-state index in [2.05, 4.69) is 4.90 Å². The third-order valence-electron chi connectivity index (χ3n) is 4.29. The Bertz CT molecular complexity index is 518. The topological polar surface area (TPSA) is 62.3 Å². The fourth-order valence-electron chi connectivity index (χ4n) is 3.37. The van der Waals surface area contributed by atoms with Crippen molar-refractivity contribution < 1.29 is 4.74 Å². The lowest BCUT2D eigenvalue weighted by atomic mass is 9.89. The summed E-state index contributed by atoms with van der Waals surface area (Å²) in [5.74, 6) is 0.0931. The number of hydrogen-bond acceptors (Lipinski definition) is 3. The molecular formula is C15H20ClN3O. The summed E-state index contributed by atoms with van der Waals surface area (Å²) < 4.78 is 5.90. The van der Waals surface area contributed by atoms with Crippen molar-refractivity contribution in [2.24, 2.45) is 5.73 Å². The van der Waals surface area contributed by atoms with Gasteiger partial charge in [-0.25, -0.2) is 0 Å². The summed E-state index contributed by atoms with van der Waals surface area (Å²) in [6.07, 6.45) is 5.03. The van der Waals surface area contributed by atoms with Gasteiger partial charge in [0.1, 0.15) is 5.84 Å². The smallest absolute Gasteiger partial charge is 0.124 e. The zero-order valence-electron chi connectivity index (χ0n) is 11.4. The minimum Gasteiger partial charge on any atom is -0.384 e. The Balaban J connectivity index is 1.98. The molecule has 1 aromatic rings. The fourth-order valence-corrected chi connectivity index (χ4v) is 3.53. The van der Waals surface area contributed by atoms with E-state index in [1.54, 1.807) is 6.07 Å². The van der Waals surface area contributed by atoms with E-state index >= 15 is 0 Å². The molecule has 2 aliphatic rings. The second kappa shape index (κ2) is 5.62. The Morgan fingerprint density at radius 3 is 2.95 bits per heavy atom. The number of nitrogens with two attached hydrogens (primary N) is 1. The number of fused-ring (bicyclic) bond motifs is 1. The van der Waals surface area contributed by atoms with Gasteiger partial charge in [0, 0.05) is 22.8 Å². The van der Waals surface area contributed by atoms with Crippen LogP contribution in [0.25, 0.3) is 0 Å². The predicted molar refractivity (Wildman–Crippen MR) is 81.8 cm³/mol. The van der Waals surface area contributed by atoms with E-state index in [1.807, 2.05) is 12.1 Å². The van der Waals surface area contributed by atoms with E-state index in [-0.39, 0.29) is 5.84 Å². The van der Waals surface area contributed by atoms with E-state index in [4.69, 9.17) is 27.5 Å². The molecule has 4 nitrogen and oxygen atoms in total. The number of nitrogens with zero attached hydrogens (tertiary/aromatic N) is 1. The van der Waals surface area contributed by atoms with Gasteiger partial charge in [0.25, 0.3) is 0 Å². The van der Waals surface area contributed by atoms with Crippen LogP contribution in [0.2, 0.25) is 5.02 Å². The lowest BCUT2D eigenvalue weighted by Gasteiger charge is -2.45. The first-order chi connectivity index (χ1) is 9.66. The largest absolute Gasteiger partial charge is 0.384 e. The number of hydrogen-bond donors (Lipinski definition) is 2. The number of rotatable bonds is 2. The maximum atomic E-state index is 7.77. The number of morpholine rings is 1. The van der Waals surface area contributed by atoms with E-state index in [9.17, 15) is 0 Å². The van der Waals surface area contributed by atoms with Crippen LogP contribution in [0.4, 0.5) is 5.69 Å². The van der Waals surface area contributed by atoms with E-state index in [1.165, 1.54) is 12.8 Å². The van der Waals surface area contributed by atoms with Gasteiger partial charge >= 0.3 is 0 Å². The molecule has 108 valence electrons. The Labute approximate surface area is 124 Å². The second-order valence-electron chi connectivity index (χ2n) is 5.53. The van der Waals surface area contributed by atoms with Crippen molar-refractivity contribution in [3.63, 3.8) is 0 Å². The average Bonchev–Trinajstić information content (AvgIpc) is 2.46. The Kier molecular flexibility index (Phi) is 3.85.